The van der Waals surface area contributed by atoms with Crippen molar-refractivity contribution in [2.75, 3.05) is 19.7 Å². The third kappa shape index (κ3) is 6.00. The normalized spacial score (nSPS) is 24.8. The Kier molecular flexibility index (Phi) is 6.85. The van der Waals surface area contributed by atoms with Gasteiger partial charge < -0.3 is 18.8 Å². The minimum absolute atomic E-state index is 0.00698. The molecule has 0 spiro atoms. The summed E-state index contributed by atoms with van der Waals surface area (Å²) in [7, 11) is 0. The molecule has 3 rings (SSSR count). The van der Waals surface area contributed by atoms with Gasteiger partial charge in [0.1, 0.15) is 5.60 Å². The summed E-state index contributed by atoms with van der Waals surface area (Å²) in [4.78, 5) is 14.3. The van der Waals surface area contributed by atoms with Crippen LogP contribution in [0.1, 0.15) is 77.2 Å². The molecule has 1 aliphatic carbocycles. The van der Waals surface area contributed by atoms with E-state index in [1.165, 1.54) is 37.7 Å². The van der Waals surface area contributed by atoms with Gasteiger partial charge in [-0.1, -0.05) is 32.1 Å². The molecule has 152 valence electrons. The number of carbonyl (C=O) groups is 1. The van der Waals surface area contributed by atoms with E-state index < -0.39 is 5.60 Å². The van der Waals surface area contributed by atoms with Gasteiger partial charge in [0.2, 0.25) is 0 Å². The lowest BCUT2D eigenvalue weighted by molar-refractivity contribution is -0.0335. The Labute approximate surface area is 163 Å². The minimum Gasteiger partial charge on any atom is -0.472 e. The van der Waals surface area contributed by atoms with Crippen molar-refractivity contribution in [3.63, 3.8) is 0 Å². The van der Waals surface area contributed by atoms with Gasteiger partial charge in [0, 0.05) is 19.1 Å². The zero-order chi connectivity index (χ0) is 19.3. The molecule has 0 bridgehead atoms. The zero-order valence-electron chi connectivity index (χ0n) is 17.1. The highest BCUT2D eigenvalue weighted by atomic mass is 16.6. The first kappa shape index (κ1) is 20.2. The molecule has 1 saturated carbocycles. The van der Waals surface area contributed by atoms with E-state index in [0.29, 0.717) is 13.1 Å². The topological polar surface area (TPSA) is 51.9 Å². The van der Waals surface area contributed by atoms with Crippen LogP contribution < -0.4 is 0 Å². The van der Waals surface area contributed by atoms with Crippen molar-refractivity contribution in [3.8, 4) is 0 Å². The van der Waals surface area contributed by atoms with Crippen molar-refractivity contribution < 1.29 is 18.7 Å². The van der Waals surface area contributed by atoms with E-state index in [-0.39, 0.29) is 18.1 Å². The quantitative estimate of drug-likeness (QED) is 0.693. The summed E-state index contributed by atoms with van der Waals surface area (Å²) in [6.45, 7) is 7.75. The smallest absolute Gasteiger partial charge is 0.410 e. The number of hydrogen-bond acceptors (Lipinski definition) is 4. The van der Waals surface area contributed by atoms with E-state index >= 15 is 0 Å². The predicted octanol–water partition coefficient (Wildman–Crippen LogP) is 5.36. The van der Waals surface area contributed by atoms with Gasteiger partial charge in [-0.25, -0.2) is 4.79 Å². The van der Waals surface area contributed by atoms with Crippen LogP contribution in [0, 0.1) is 5.92 Å². The SMILES string of the molecule is CC(C)(C)OC(=O)N1CCC(c2ccoc2)C(OCCC2CCCCC2)C1. The predicted molar refractivity (Wildman–Crippen MR) is 105 cm³/mol. The molecule has 27 heavy (non-hydrogen) atoms. The van der Waals surface area contributed by atoms with Gasteiger partial charge in [0.25, 0.3) is 0 Å². The number of rotatable bonds is 5. The average Bonchev–Trinajstić information content (AvgIpc) is 3.15. The van der Waals surface area contributed by atoms with Gasteiger partial charge >= 0.3 is 6.09 Å². The summed E-state index contributed by atoms with van der Waals surface area (Å²) < 4.78 is 17.2. The summed E-state index contributed by atoms with van der Waals surface area (Å²) in [5.41, 5.74) is 0.692. The van der Waals surface area contributed by atoms with Gasteiger partial charge in [-0.05, 0) is 51.2 Å². The number of furan rings is 1. The minimum atomic E-state index is -0.476. The third-order valence-electron chi connectivity index (χ3n) is 5.76. The molecule has 2 atom stereocenters. The number of ether oxygens (including phenoxy) is 2. The molecule has 1 aromatic heterocycles. The molecule has 1 saturated heterocycles. The summed E-state index contributed by atoms with van der Waals surface area (Å²) in [6.07, 6.45) is 12.0. The molecular formula is C22H35NO4. The second-order valence-corrected chi connectivity index (χ2v) is 9.08. The molecule has 1 amide bonds. The van der Waals surface area contributed by atoms with Crippen molar-refractivity contribution in [2.45, 2.75) is 83.3 Å². The van der Waals surface area contributed by atoms with E-state index in [2.05, 4.69) is 0 Å². The maximum Gasteiger partial charge on any atom is 0.410 e. The van der Waals surface area contributed by atoms with Crippen molar-refractivity contribution in [1.82, 2.24) is 4.90 Å². The highest BCUT2D eigenvalue weighted by Crippen LogP contribution is 2.32. The largest absolute Gasteiger partial charge is 0.472 e. The standard InChI is InChI=1S/C22H35NO4/c1-22(2,3)27-21(24)23-12-9-19(18-11-13-25-16-18)20(15-23)26-14-10-17-7-5-4-6-8-17/h11,13,16-17,19-20H,4-10,12,14-15H2,1-3H3. The molecule has 0 aromatic carbocycles. The van der Waals surface area contributed by atoms with Crippen LogP contribution in [0.5, 0.6) is 0 Å². The maximum atomic E-state index is 12.5. The van der Waals surface area contributed by atoms with Crippen molar-refractivity contribution in [2.24, 2.45) is 5.92 Å². The van der Waals surface area contributed by atoms with Crippen LogP contribution in [0.3, 0.4) is 0 Å². The van der Waals surface area contributed by atoms with E-state index in [9.17, 15) is 4.79 Å². The van der Waals surface area contributed by atoms with Crippen LogP contribution >= 0.6 is 0 Å². The Bertz CT molecular complexity index is 572. The Morgan fingerprint density at radius 2 is 2.00 bits per heavy atom. The number of nitrogens with zero attached hydrogens (tertiary/aromatic N) is 1. The highest BCUT2D eigenvalue weighted by Gasteiger charge is 2.35. The van der Waals surface area contributed by atoms with Crippen LogP contribution in [-0.2, 0) is 9.47 Å². The molecule has 2 unspecified atom stereocenters. The van der Waals surface area contributed by atoms with E-state index in [4.69, 9.17) is 13.9 Å². The van der Waals surface area contributed by atoms with Gasteiger partial charge in [-0.3, -0.25) is 0 Å². The number of piperidine rings is 1. The van der Waals surface area contributed by atoms with E-state index in [1.807, 2.05) is 33.1 Å². The fraction of sp³-hybridized carbons (Fsp3) is 0.773. The Morgan fingerprint density at radius 1 is 1.22 bits per heavy atom. The average molecular weight is 378 g/mol. The van der Waals surface area contributed by atoms with Crippen molar-refractivity contribution in [1.29, 1.82) is 0 Å². The summed E-state index contributed by atoms with van der Waals surface area (Å²) >= 11 is 0. The van der Waals surface area contributed by atoms with Crippen LogP contribution in [0.4, 0.5) is 4.79 Å². The van der Waals surface area contributed by atoms with Gasteiger partial charge in [0.15, 0.2) is 0 Å². The molecule has 0 radical (unpaired) electrons. The molecule has 2 heterocycles. The fourth-order valence-electron chi connectivity index (χ4n) is 4.31. The van der Waals surface area contributed by atoms with Crippen molar-refractivity contribution in [3.05, 3.63) is 24.2 Å². The molecule has 1 aromatic rings. The van der Waals surface area contributed by atoms with Crippen LogP contribution in [0.25, 0.3) is 0 Å². The van der Waals surface area contributed by atoms with Gasteiger partial charge in [0.05, 0.1) is 25.2 Å². The van der Waals surface area contributed by atoms with Gasteiger partial charge in [-0.2, -0.15) is 0 Å². The summed E-state index contributed by atoms with van der Waals surface area (Å²) in [6, 6.07) is 2.02. The Morgan fingerprint density at radius 3 is 2.67 bits per heavy atom. The first-order valence-corrected chi connectivity index (χ1v) is 10.5. The van der Waals surface area contributed by atoms with Crippen molar-refractivity contribution >= 4 is 6.09 Å². The lowest BCUT2D eigenvalue weighted by Crippen LogP contribution is -2.48. The number of carbonyl (C=O) groups excluding carboxylic acids is 1. The third-order valence-corrected chi connectivity index (χ3v) is 5.76. The molecule has 5 nitrogen and oxygen atoms in total. The molecule has 1 aliphatic heterocycles. The lowest BCUT2D eigenvalue weighted by Gasteiger charge is -2.38. The Balaban J connectivity index is 1.58. The molecule has 2 aliphatic rings. The number of likely N-dealkylation sites (tertiary alicyclic amines) is 1. The second kappa shape index (κ2) is 9.13. The Hall–Kier alpha value is -1.49. The first-order chi connectivity index (χ1) is 12.9. The summed E-state index contributed by atoms with van der Waals surface area (Å²) in [5, 5.41) is 0. The monoisotopic (exact) mass is 377 g/mol. The van der Waals surface area contributed by atoms with Crippen LogP contribution in [0.15, 0.2) is 23.0 Å². The maximum absolute atomic E-state index is 12.5. The molecule has 5 heteroatoms. The first-order valence-electron chi connectivity index (χ1n) is 10.5. The van der Waals surface area contributed by atoms with E-state index in [0.717, 1.165) is 25.4 Å². The van der Waals surface area contributed by atoms with Crippen LogP contribution in [0.2, 0.25) is 0 Å². The highest BCUT2D eigenvalue weighted by molar-refractivity contribution is 5.68. The molecule has 0 N–H and O–H groups in total. The zero-order valence-corrected chi connectivity index (χ0v) is 17.1. The summed E-state index contributed by atoms with van der Waals surface area (Å²) in [5.74, 6) is 1.07. The van der Waals surface area contributed by atoms with Gasteiger partial charge in [-0.15, -0.1) is 0 Å². The molecule has 2 fully saturated rings. The van der Waals surface area contributed by atoms with E-state index in [1.54, 1.807) is 11.2 Å². The molecular weight excluding hydrogens is 342 g/mol. The second-order valence-electron chi connectivity index (χ2n) is 9.08. The van der Waals surface area contributed by atoms with Crippen LogP contribution in [-0.4, -0.2) is 42.4 Å². The fourth-order valence-corrected chi connectivity index (χ4v) is 4.31. The number of amides is 1. The number of hydrogen-bond donors (Lipinski definition) is 0. The lowest BCUT2D eigenvalue weighted by atomic mass is 9.87.